The zero-order valence-corrected chi connectivity index (χ0v) is 9.84. The Labute approximate surface area is 99.2 Å². The summed E-state index contributed by atoms with van der Waals surface area (Å²) >= 11 is 6.42. The Balaban J connectivity index is 2.33. The fourth-order valence-corrected chi connectivity index (χ4v) is 2.67. The number of ether oxygens (including phenoxy) is 1. The summed E-state index contributed by atoms with van der Waals surface area (Å²) in [5.74, 6) is 0.828. The third kappa shape index (κ3) is 1.37. The largest absolute Gasteiger partial charge is 0.497 e. The van der Waals surface area contributed by atoms with Crippen LogP contribution in [-0.4, -0.2) is 12.1 Å². The lowest BCUT2D eigenvalue weighted by molar-refractivity contribution is 0.415. The van der Waals surface area contributed by atoms with Gasteiger partial charge in [0.1, 0.15) is 5.75 Å². The van der Waals surface area contributed by atoms with Gasteiger partial charge in [-0.25, -0.2) is 0 Å². The molecule has 1 aliphatic carbocycles. The summed E-state index contributed by atoms with van der Waals surface area (Å²) in [6.45, 7) is 0. The zero-order chi connectivity index (χ0) is 11.1. The maximum atomic E-state index is 6.42. The van der Waals surface area contributed by atoms with E-state index >= 15 is 0 Å². The molecule has 0 bridgehead atoms. The van der Waals surface area contributed by atoms with E-state index in [1.165, 1.54) is 11.3 Å². The minimum absolute atomic E-state index is 0.828. The smallest absolute Gasteiger partial charge is 0.119 e. The Morgan fingerprint density at radius 3 is 3.00 bits per heavy atom. The van der Waals surface area contributed by atoms with Crippen molar-refractivity contribution in [2.45, 2.75) is 19.3 Å². The number of hydrogen-bond donors (Lipinski definition) is 0. The standard InChI is InChI=1S/C13H12ClNO/c1-16-8-5-6-12-10(7-8)13(14)9-3-2-4-11(9)15-12/h5-7H,2-4H2,1H3. The minimum atomic E-state index is 0.828. The van der Waals surface area contributed by atoms with Crippen molar-refractivity contribution in [2.24, 2.45) is 0 Å². The second kappa shape index (κ2) is 3.63. The Kier molecular flexibility index (Phi) is 2.25. The van der Waals surface area contributed by atoms with Crippen molar-refractivity contribution in [1.82, 2.24) is 4.98 Å². The molecule has 0 amide bonds. The van der Waals surface area contributed by atoms with E-state index in [0.717, 1.165) is 40.9 Å². The molecule has 0 saturated heterocycles. The number of benzene rings is 1. The van der Waals surface area contributed by atoms with Crippen LogP contribution in [0, 0.1) is 0 Å². The van der Waals surface area contributed by atoms with Crippen molar-refractivity contribution in [3.05, 3.63) is 34.5 Å². The van der Waals surface area contributed by atoms with E-state index in [9.17, 15) is 0 Å². The number of rotatable bonds is 1. The van der Waals surface area contributed by atoms with E-state index in [4.69, 9.17) is 16.3 Å². The highest BCUT2D eigenvalue weighted by atomic mass is 35.5. The molecular weight excluding hydrogens is 222 g/mol. The van der Waals surface area contributed by atoms with Gasteiger partial charge in [-0.1, -0.05) is 11.6 Å². The van der Waals surface area contributed by atoms with E-state index in [2.05, 4.69) is 4.98 Å². The topological polar surface area (TPSA) is 22.1 Å². The molecule has 0 radical (unpaired) electrons. The fourth-order valence-electron chi connectivity index (χ4n) is 2.31. The van der Waals surface area contributed by atoms with Gasteiger partial charge in [0.05, 0.1) is 17.6 Å². The van der Waals surface area contributed by atoms with Crippen LogP contribution < -0.4 is 4.74 Å². The summed E-state index contributed by atoms with van der Waals surface area (Å²) in [5, 5.41) is 1.86. The van der Waals surface area contributed by atoms with Crippen molar-refractivity contribution in [2.75, 3.05) is 7.11 Å². The summed E-state index contributed by atoms with van der Waals surface area (Å²) in [5.41, 5.74) is 3.36. The van der Waals surface area contributed by atoms with Gasteiger partial charge < -0.3 is 4.74 Å². The zero-order valence-electron chi connectivity index (χ0n) is 9.09. The SMILES string of the molecule is COc1ccc2nc3c(c(Cl)c2c1)CCC3. The molecule has 3 heteroatoms. The number of aromatic nitrogens is 1. The van der Waals surface area contributed by atoms with Crippen molar-refractivity contribution >= 4 is 22.5 Å². The highest BCUT2D eigenvalue weighted by Crippen LogP contribution is 2.34. The van der Waals surface area contributed by atoms with Crippen LogP contribution in [0.4, 0.5) is 0 Å². The van der Waals surface area contributed by atoms with Crippen LogP contribution in [-0.2, 0) is 12.8 Å². The van der Waals surface area contributed by atoms with Gasteiger partial charge >= 0.3 is 0 Å². The molecule has 2 aromatic rings. The third-order valence-corrected chi connectivity index (χ3v) is 3.58. The number of hydrogen-bond acceptors (Lipinski definition) is 2. The van der Waals surface area contributed by atoms with Crippen LogP contribution >= 0.6 is 11.6 Å². The van der Waals surface area contributed by atoms with Crippen LogP contribution in [0.15, 0.2) is 18.2 Å². The first-order valence-corrected chi connectivity index (χ1v) is 5.82. The number of methoxy groups -OCH3 is 1. The van der Waals surface area contributed by atoms with E-state index < -0.39 is 0 Å². The first-order chi connectivity index (χ1) is 7.79. The number of nitrogens with zero attached hydrogens (tertiary/aromatic N) is 1. The van der Waals surface area contributed by atoms with Crippen molar-refractivity contribution in [3.63, 3.8) is 0 Å². The number of pyridine rings is 1. The lowest BCUT2D eigenvalue weighted by atomic mass is 10.1. The molecule has 1 aliphatic rings. The average molecular weight is 234 g/mol. The molecule has 0 fully saturated rings. The normalized spacial score (nSPS) is 14.1. The predicted octanol–water partition coefficient (Wildman–Crippen LogP) is 3.39. The van der Waals surface area contributed by atoms with Crippen molar-refractivity contribution in [3.8, 4) is 5.75 Å². The highest BCUT2D eigenvalue weighted by molar-refractivity contribution is 6.36. The molecule has 16 heavy (non-hydrogen) atoms. The molecule has 0 saturated carbocycles. The van der Waals surface area contributed by atoms with Crippen LogP contribution in [0.5, 0.6) is 5.75 Å². The molecule has 3 rings (SSSR count). The maximum Gasteiger partial charge on any atom is 0.119 e. The molecular formula is C13H12ClNO. The van der Waals surface area contributed by atoms with Crippen molar-refractivity contribution < 1.29 is 4.74 Å². The van der Waals surface area contributed by atoms with Crippen LogP contribution in [0.1, 0.15) is 17.7 Å². The minimum Gasteiger partial charge on any atom is -0.497 e. The van der Waals surface area contributed by atoms with E-state index in [1.807, 2.05) is 18.2 Å². The molecule has 2 nitrogen and oxygen atoms in total. The second-order valence-corrected chi connectivity index (χ2v) is 4.47. The predicted molar refractivity (Wildman–Crippen MR) is 65.3 cm³/mol. The Hall–Kier alpha value is -1.28. The molecule has 0 N–H and O–H groups in total. The summed E-state index contributed by atoms with van der Waals surface area (Å²) < 4.78 is 5.21. The molecule has 1 aromatic heterocycles. The molecule has 0 unspecified atom stereocenters. The monoisotopic (exact) mass is 233 g/mol. The Morgan fingerprint density at radius 2 is 2.19 bits per heavy atom. The van der Waals surface area contributed by atoms with Gasteiger partial charge in [-0.05, 0) is 43.0 Å². The molecule has 0 spiro atoms. The van der Waals surface area contributed by atoms with Crippen LogP contribution in [0.2, 0.25) is 5.02 Å². The number of fused-ring (bicyclic) bond motifs is 2. The lowest BCUT2D eigenvalue weighted by Crippen LogP contribution is -1.92. The van der Waals surface area contributed by atoms with E-state index in [1.54, 1.807) is 7.11 Å². The summed E-state index contributed by atoms with van der Waals surface area (Å²) in [6, 6.07) is 5.86. The van der Waals surface area contributed by atoms with Gasteiger partial charge in [-0.3, -0.25) is 4.98 Å². The highest BCUT2D eigenvalue weighted by Gasteiger charge is 2.18. The summed E-state index contributed by atoms with van der Waals surface area (Å²) in [6.07, 6.45) is 3.26. The molecule has 1 aromatic carbocycles. The molecule has 0 aliphatic heterocycles. The molecule has 0 atom stereocenters. The van der Waals surface area contributed by atoms with Crippen LogP contribution in [0.25, 0.3) is 10.9 Å². The number of aryl methyl sites for hydroxylation is 1. The summed E-state index contributed by atoms with van der Waals surface area (Å²) in [7, 11) is 1.66. The Morgan fingerprint density at radius 1 is 1.31 bits per heavy atom. The third-order valence-electron chi connectivity index (χ3n) is 3.15. The number of halogens is 1. The van der Waals surface area contributed by atoms with Gasteiger partial charge in [0.2, 0.25) is 0 Å². The fraction of sp³-hybridized carbons (Fsp3) is 0.308. The Bertz CT molecular complexity index is 565. The van der Waals surface area contributed by atoms with E-state index in [0.29, 0.717) is 0 Å². The second-order valence-electron chi connectivity index (χ2n) is 4.09. The maximum absolute atomic E-state index is 6.42. The lowest BCUT2D eigenvalue weighted by Gasteiger charge is -2.08. The quantitative estimate of drug-likeness (QED) is 0.753. The van der Waals surface area contributed by atoms with E-state index in [-0.39, 0.29) is 0 Å². The van der Waals surface area contributed by atoms with Crippen molar-refractivity contribution in [1.29, 1.82) is 0 Å². The van der Waals surface area contributed by atoms with Gasteiger partial charge in [-0.2, -0.15) is 0 Å². The van der Waals surface area contributed by atoms with Gasteiger partial charge in [-0.15, -0.1) is 0 Å². The first kappa shape index (κ1) is 9.91. The molecule has 1 heterocycles. The average Bonchev–Trinajstić information content (AvgIpc) is 2.77. The van der Waals surface area contributed by atoms with Crippen LogP contribution in [0.3, 0.4) is 0 Å². The first-order valence-electron chi connectivity index (χ1n) is 5.44. The summed E-state index contributed by atoms with van der Waals surface area (Å²) in [4.78, 5) is 4.65. The van der Waals surface area contributed by atoms with Gasteiger partial charge in [0, 0.05) is 11.1 Å². The van der Waals surface area contributed by atoms with Gasteiger partial charge in [0.25, 0.3) is 0 Å². The molecule has 82 valence electrons. The van der Waals surface area contributed by atoms with Gasteiger partial charge in [0.15, 0.2) is 0 Å².